The summed E-state index contributed by atoms with van der Waals surface area (Å²) >= 11 is 0. The molecule has 4 atom stereocenters. The topological polar surface area (TPSA) is 87.0 Å². The minimum atomic E-state index is -5.62. The molecule has 0 aromatic heterocycles. The zero-order valence-electron chi connectivity index (χ0n) is 27.1. The fourth-order valence-corrected chi connectivity index (χ4v) is 7.39. The van der Waals surface area contributed by atoms with E-state index in [0.29, 0.717) is 12.2 Å². The number of alkyl halides is 5. The Kier molecular flexibility index (Phi) is 12.8. The number of hydrogen-bond acceptors (Lipinski definition) is 4. The van der Waals surface area contributed by atoms with E-state index in [0.717, 1.165) is 49.7 Å². The zero-order valence-corrected chi connectivity index (χ0v) is 27.1. The fraction of sp³-hybridized carbons (Fsp3) is 0.639. The van der Waals surface area contributed by atoms with Crippen LogP contribution in [0, 0.1) is 11.3 Å². The van der Waals surface area contributed by atoms with E-state index in [2.05, 4.69) is 6.92 Å². The molecule has 3 N–H and O–H groups in total. The highest BCUT2D eigenvalue weighted by Crippen LogP contribution is 2.58. The molecular weight excluding hydrogens is 607 g/mol. The molecule has 0 radical (unpaired) electrons. The number of halogens is 5. The first-order valence-corrected chi connectivity index (χ1v) is 16.6. The molecule has 3 rings (SSSR count). The van der Waals surface area contributed by atoms with E-state index in [9.17, 15) is 42.1 Å². The second kappa shape index (κ2) is 15.7. The van der Waals surface area contributed by atoms with Crippen LogP contribution in [0.1, 0.15) is 121 Å². The van der Waals surface area contributed by atoms with Crippen LogP contribution in [0.2, 0.25) is 0 Å². The number of phenols is 2. The van der Waals surface area contributed by atoms with Crippen molar-refractivity contribution in [3.63, 3.8) is 0 Å². The van der Waals surface area contributed by atoms with Gasteiger partial charge in [-0.05, 0) is 60.9 Å². The van der Waals surface area contributed by atoms with E-state index in [4.69, 9.17) is 4.74 Å². The highest BCUT2D eigenvalue weighted by molar-refractivity contribution is 5.75. The number of benzene rings is 2. The molecule has 4 unspecified atom stereocenters. The Bertz CT molecular complexity index is 1260. The summed E-state index contributed by atoms with van der Waals surface area (Å²) in [5, 5.41) is 31.3. The van der Waals surface area contributed by atoms with Gasteiger partial charge in [0.1, 0.15) is 17.2 Å². The molecule has 0 fully saturated rings. The van der Waals surface area contributed by atoms with E-state index >= 15 is 0 Å². The molecule has 0 saturated heterocycles. The van der Waals surface area contributed by atoms with Gasteiger partial charge in [-0.2, -0.15) is 22.0 Å². The quantitative estimate of drug-likeness (QED) is 0.110. The Balaban J connectivity index is 2.06. The van der Waals surface area contributed by atoms with Crippen molar-refractivity contribution >= 4 is 5.97 Å². The summed E-state index contributed by atoms with van der Waals surface area (Å²) in [6.45, 7) is 6.12. The van der Waals surface area contributed by atoms with Crippen LogP contribution in [0.4, 0.5) is 22.0 Å². The lowest BCUT2D eigenvalue weighted by Crippen LogP contribution is -2.50. The van der Waals surface area contributed by atoms with Crippen molar-refractivity contribution in [3.05, 3.63) is 53.6 Å². The summed E-state index contributed by atoms with van der Waals surface area (Å²) in [6.07, 6.45) is -0.248. The lowest BCUT2D eigenvalue weighted by molar-refractivity contribution is -0.284. The SMILES string of the molecule is CCCCCCCCC(C1c2ccc(O)cc2OCC1(C)c1ccc(O)cc1)C(CC)(CCCCCC(F)(F)C(F)(F)F)C(=O)O. The van der Waals surface area contributed by atoms with Gasteiger partial charge < -0.3 is 20.1 Å². The number of carboxylic acids is 1. The third-order valence-electron chi connectivity index (χ3n) is 10.1. The van der Waals surface area contributed by atoms with E-state index in [-0.39, 0.29) is 50.2 Å². The number of carboxylic acid groups (broad SMARTS) is 1. The predicted octanol–water partition coefficient (Wildman–Crippen LogP) is 10.5. The number of aromatic hydroxyl groups is 2. The zero-order chi connectivity index (χ0) is 34.2. The molecule has 258 valence electrons. The second-order valence-corrected chi connectivity index (χ2v) is 13.2. The molecule has 0 saturated carbocycles. The number of unbranched alkanes of at least 4 members (excludes halogenated alkanes) is 7. The highest BCUT2D eigenvalue weighted by atomic mass is 19.4. The molecule has 5 nitrogen and oxygen atoms in total. The summed E-state index contributed by atoms with van der Waals surface area (Å²) in [6, 6.07) is 11.6. The first-order valence-electron chi connectivity index (χ1n) is 16.6. The van der Waals surface area contributed by atoms with Crippen molar-refractivity contribution in [1.82, 2.24) is 0 Å². The summed E-state index contributed by atoms with van der Waals surface area (Å²) in [4.78, 5) is 13.5. The average Bonchev–Trinajstić information content (AvgIpc) is 2.99. The van der Waals surface area contributed by atoms with Gasteiger partial charge in [0.15, 0.2) is 0 Å². The molecule has 0 spiro atoms. The number of aliphatic carboxylic acids is 1. The minimum Gasteiger partial charge on any atom is -0.508 e. The second-order valence-electron chi connectivity index (χ2n) is 13.2. The standard InChI is InChI=1S/C36H49F5O5/c1-4-6-7-8-9-11-14-29(34(5-2,32(44)45)21-12-10-13-22-35(37,38)36(39,40)41)31-28-20-19-27(43)23-30(28)46-24-33(31,3)25-15-17-26(42)18-16-25/h15-20,23,29,31,42-43H,4-14,21-22,24H2,1-3H3,(H,44,45). The van der Waals surface area contributed by atoms with Crippen LogP contribution in [0.15, 0.2) is 42.5 Å². The maximum absolute atomic E-state index is 13.6. The molecule has 10 heteroatoms. The Labute approximate surface area is 269 Å². The van der Waals surface area contributed by atoms with Gasteiger partial charge in [0.2, 0.25) is 0 Å². The Hall–Kier alpha value is -3.04. The number of hydrogen-bond donors (Lipinski definition) is 3. The molecule has 1 aliphatic heterocycles. The number of ether oxygens (including phenoxy) is 1. The monoisotopic (exact) mass is 656 g/mol. The van der Waals surface area contributed by atoms with Crippen LogP contribution in [0.25, 0.3) is 0 Å². The van der Waals surface area contributed by atoms with Gasteiger partial charge in [0, 0.05) is 23.8 Å². The van der Waals surface area contributed by atoms with Crippen molar-refractivity contribution in [1.29, 1.82) is 0 Å². The third-order valence-corrected chi connectivity index (χ3v) is 10.1. The molecule has 0 bridgehead atoms. The van der Waals surface area contributed by atoms with Crippen molar-refractivity contribution in [2.75, 3.05) is 6.61 Å². The number of phenolic OH excluding ortho intramolecular Hbond substituents is 2. The first-order chi connectivity index (χ1) is 21.6. The maximum atomic E-state index is 13.6. The molecule has 46 heavy (non-hydrogen) atoms. The predicted molar refractivity (Wildman–Crippen MR) is 168 cm³/mol. The van der Waals surface area contributed by atoms with E-state index in [1.165, 1.54) is 6.07 Å². The van der Waals surface area contributed by atoms with Crippen molar-refractivity contribution in [2.24, 2.45) is 11.3 Å². The summed E-state index contributed by atoms with van der Waals surface area (Å²) in [5.74, 6) is -6.14. The summed E-state index contributed by atoms with van der Waals surface area (Å²) in [5.41, 5.74) is -0.480. The number of carbonyl (C=O) groups is 1. The molecular formula is C36H49F5O5. The van der Waals surface area contributed by atoms with Crippen LogP contribution in [-0.4, -0.2) is 40.0 Å². The molecule has 1 heterocycles. The molecule has 1 aliphatic rings. The van der Waals surface area contributed by atoms with Gasteiger partial charge in [0.05, 0.1) is 12.0 Å². The van der Waals surface area contributed by atoms with Gasteiger partial charge in [-0.1, -0.05) is 90.3 Å². The van der Waals surface area contributed by atoms with Crippen LogP contribution >= 0.6 is 0 Å². The molecule has 2 aromatic carbocycles. The summed E-state index contributed by atoms with van der Waals surface area (Å²) < 4.78 is 71.6. The van der Waals surface area contributed by atoms with Gasteiger partial charge in [-0.15, -0.1) is 0 Å². The van der Waals surface area contributed by atoms with Crippen molar-refractivity contribution in [3.8, 4) is 17.2 Å². The van der Waals surface area contributed by atoms with Crippen molar-refractivity contribution < 1.29 is 46.8 Å². The minimum absolute atomic E-state index is 0.00820. The first kappa shape index (κ1) is 37.4. The lowest BCUT2D eigenvalue weighted by Gasteiger charge is -2.51. The van der Waals surface area contributed by atoms with Gasteiger partial charge in [-0.3, -0.25) is 4.79 Å². The third kappa shape index (κ3) is 8.45. The van der Waals surface area contributed by atoms with Crippen LogP contribution < -0.4 is 4.74 Å². The number of rotatable bonds is 18. The largest absolute Gasteiger partial charge is 0.508 e. The van der Waals surface area contributed by atoms with Gasteiger partial charge in [0.25, 0.3) is 0 Å². The fourth-order valence-electron chi connectivity index (χ4n) is 7.39. The summed E-state index contributed by atoms with van der Waals surface area (Å²) in [7, 11) is 0. The molecule has 0 aliphatic carbocycles. The van der Waals surface area contributed by atoms with E-state index in [1.807, 2.05) is 6.92 Å². The van der Waals surface area contributed by atoms with E-state index < -0.39 is 47.2 Å². The van der Waals surface area contributed by atoms with Crippen molar-refractivity contribution in [2.45, 2.75) is 128 Å². The van der Waals surface area contributed by atoms with Gasteiger partial charge >= 0.3 is 18.1 Å². The Morgan fingerprint density at radius 2 is 1.46 bits per heavy atom. The Morgan fingerprint density at radius 1 is 0.870 bits per heavy atom. The van der Waals surface area contributed by atoms with Crippen LogP contribution in [0.3, 0.4) is 0 Å². The normalized spacial score (nSPS) is 20.4. The average molecular weight is 657 g/mol. The smallest absolute Gasteiger partial charge is 0.453 e. The van der Waals surface area contributed by atoms with Crippen LogP contribution in [-0.2, 0) is 10.2 Å². The molecule has 2 aromatic rings. The highest BCUT2D eigenvalue weighted by Gasteiger charge is 2.57. The maximum Gasteiger partial charge on any atom is 0.453 e. The Morgan fingerprint density at radius 3 is 2.07 bits per heavy atom. The van der Waals surface area contributed by atoms with E-state index in [1.54, 1.807) is 43.3 Å². The molecule has 0 amide bonds. The number of fused-ring (bicyclic) bond motifs is 1. The van der Waals surface area contributed by atoms with Crippen LogP contribution in [0.5, 0.6) is 17.2 Å². The lowest BCUT2D eigenvalue weighted by atomic mass is 9.54. The van der Waals surface area contributed by atoms with Gasteiger partial charge in [-0.25, -0.2) is 0 Å².